The smallest absolute Gasteiger partial charge is 0.391 e. The number of nitriles is 1. The van der Waals surface area contributed by atoms with E-state index in [1.807, 2.05) is 4.72 Å². The first kappa shape index (κ1) is 27.1. The van der Waals surface area contributed by atoms with Crippen molar-refractivity contribution in [1.82, 2.24) is 4.72 Å². The van der Waals surface area contributed by atoms with Crippen LogP contribution in [0.2, 0.25) is 0 Å². The molecule has 1 aromatic heterocycles. The summed E-state index contributed by atoms with van der Waals surface area (Å²) in [5.41, 5.74) is 0.114. The van der Waals surface area contributed by atoms with Gasteiger partial charge in [-0.1, -0.05) is 0 Å². The molecule has 4 rings (SSSR count). The SMILES string of the molecule is N#Cc1ccc(OP(=O)(O)CNS(=O)(=O)c2cc3cc(NC(=O)c4ccc(O)c(O)c4)ccc3s2)cc1F. The summed E-state index contributed by atoms with van der Waals surface area (Å²) in [4.78, 5) is 22.5. The van der Waals surface area contributed by atoms with E-state index >= 15 is 0 Å². The normalized spacial score (nSPS) is 13.0. The van der Waals surface area contributed by atoms with Gasteiger partial charge in [0.2, 0.25) is 0 Å². The minimum atomic E-state index is -4.59. The highest BCUT2D eigenvalue weighted by Crippen LogP contribution is 2.42. The number of nitrogens with zero attached hydrogens (tertiary/aromatic N) is 1. The predicted octanol–water partition coefficient (Wildman–Crippen LogP) is 4.08. The Kier molecular flexibility index (Phi) is 7.41. The number of thiophene rings is 1. The second-order valence-corrected chi connectivity index (χ2v) is 12.6. The van der Waals surface area contributed by atoms with E-state index in [1.165, 1.54) is 24.3 Å². The third-order valence-corrected chi connectivity index (χ3v) is 9.28. The number of aromatic hydroxyl groups is 2. The Morgan fingerprint density at radius 1 is 1.08 bits per heavy atom. The van der Waals surface area contributed by atoms with Gasteiger partial charge in [-0.25, -0.2) is 17.4 Å². The van der Waals surface area contributed by atoms with Crippen LogP contribution in [0.25, 0.3) is 10.1 Å². The number of carbonyl (C=O) groups excluding carboxylic acids is 1. The number of amides is 1. The van der Waals surface area contributed by atoms with Crippen molar-refractivity contribution in [3.05, 3.63) is 77.6 Å². The highest BCUT2D eigenvalue weighted by Gasteiger charge is 2.27. The van der Waals surface area contributed by atoms with Crippen LogP contribution in [-0.4, -0.2) is 35.7 Å². The van der Waals surface area contributed by atoms with Gasteiger partial charge in [0, 0.05) is 22.0 Å². The second kappa shape index (κ2) is 10.4. The maximum Gasteiger partial charge on any atom is 0.391 e. The number of phenols is 2. The van der Waals surface area contributed by atoms with E-state index in [2.05, 4.69) is 5.32 Å². The average Bonchev–Trinajstić information content (AvgIpc) is 3.29. The fourth-order valence-corrected chi connectivity index (χ4v) is 7.10. The molecule has 11 nitrogen and oxygen atoms in total. The van der Waals surface area contributed by atoms with Crippen molar-refractivity contribution >= 4 is 50.6 Å². The lowest BCUT2D eigenvalue weighted by atomic mass is 10.1. The van der Waals surface area contributed by atoms with Crippen molar-refractivity contribution in [2.75, 3.05) is 11.6 Å². The molecule has 0 aliphatic carbocycles. The van der Waals surface area contributed by atoms with E-state index in [0.717, 1.165) is 41.7 Å². The minimum absolute atomic E-state index is 0.0811. The number of hydrogen-bond donors (Lipinski definition) is 5. The summed E-state index contributed by atoms with van der Waals surface area (Å²) in [5.74, 6) is -2.74. The van der Waals surface area contributed by atoms with Crippen molar-refractivity contribution < 1.29 is 41.8 Å². The van der Waals surface area contributed by atoms with Crippen LogP contribution >= 0.6 is 18.9 Å². The maximum atomic E-state index is 13.7. The van der Waals surface area contributed by atoms with Crippen LogP contribution in [0.4, 0.5) is 10.1 Å². The molecule has 1 amide bonds. The van der Waals surface area contributed by atoms with Crippen molar-refractivity contribution in [2.24, 2.45) is 0 Å². The third kappa shape index (κ3) is 6.10. The van der Waals surface area contributed by atoms with E-state index in [-0.39, 0.29) is 26.8 Å². The standard InChI is InChI=1S/C23H17FN3O8PS2/c24-18-10-17(4-1-14(18)11-25)35-36(31,32)12-26-38(33,34)22-9-15-7-16(3-6-21(15)37-22)27-23(30)13-2-5-19(28)20(29)8-13/h1-10,26,28-29H,12H2,(H,27,30)(H,31,32). The number of anilines is 1. The molecule has 38 heavy (non-hydrogen) atoms. The Labute approximate surface area is 219 Å². The van der Waals surface area contributed by atoms with E-state index in [4.69, 9.17) is 9.79 Å². The van der Waals surface area contributed by atoms with Crippen LogP contribution < -0.4 is 14.6 Å². The molecule has 3 aromatic carbocycles. The zero-order chi connectivity index (χ0) is 27.7. The number of sulfonamides is 1. The van der Waals surface area contributed by atoms with Gasteiger partial charge >= 0.3 is 7.60 Å². The summed E-state index contributed by atoms with van der Waals surface area (Å²) in [6.45, 7) is 0. The van der Waals surface area contributed by atoms with Gasteiger partial charge in [0.1, 0.15) is 28.1 Å². The number of rotatable bonds is 8. The molecule has 4 aromatic rings. The number of phenolic OH excluding ortho intramolecular Hbond substituents is 2. The number of carbonyl (C=O) groups is 1. The first-order valence-corrected chi connectivity index (χ1v) is 14.5. The third-order valence-electron chi connectivity index (χ3n) is 5.02. The molecular weight excluding hydrogens is 560 g/mol. The molecule has 1 unspecified atom stereocenters. The highest BCUT2D eigenvalue weighted by atomic mass is 32.2. The predicted molar refractivity (Wildman–Crippen MR) is 136 cm³/mol. The Hall–Kier alpha value is -3.99. The Morgan fingerprint density at radius 3 is 2.53 bits per heavy atom. The number of fused-ring (bicyclic) bond motifs is 1. The van der Waals surface area contributed by atoms with Gasteiger partial charge in [0.15, 0.2) is 11.5 Å². The average molecular weight is 578 g/mol. The van der Waals surface area contributed by atoms with Gasteiger partial charge in [-0.05, 0) is 60.0 Å². The van der Waals surface area contributed by atoms with Gasteiger partial charge in [-0.15, -0.1) is 11.3 Å². The van der Waals surface area contributed by atoms with Crippen LogP contribution in [0.5, 0.6) is 17.2 Å². The van der Waals surface area contributed by atoms with Crippen molar-refractivity contribution in [1.29, 1.82) is 5.26 Å². The van der Waals surface area contributed by atoms with E-state index < -0.39 is 41.4 Å². The molecule has 0 bridgehead atoms. The van der Waals surface area contributed by atoms with Crippen LogP contribution in [0, 0.1) is 17.1 Å². The number of halogens is 1. The molecule has 1 atom stereocenters. The highest BCUT2D eigenvalue weighted by molar-refractivity contribution is 7.92. The van der Waals surface area contributed by atoms with Crippen LogP contribution in [-0.2, 0) is 14.6 Å². The quantitative estimate of drug-likeness (QED) is 0.152. The van der Waals surface area contributed by atoms with Gasteiger partial charge in [0.05, 0.1) is 5.56 Å². The molecule has 0 saturated carbocycles. The molecule has 0 aliphatic rings. The van der Waals surface area contributed by atoms with Crippen LogP contribution in [0.1, 0.15) is 15.9 Å². The Morgan fingerprint density at radius 2 is 1.84 bits per heavy atom. The maximum absolute atomic E-state index is 13.7. The van der Waals surface area contributed by atoms with Crippen molar-refractivity contribution in [3.8, 4) is 23.3 Å². The lowest BCUT2D eigenvalue weighted by molar-refractivity contribution is 0.102. The van der Waals surface area contributed by atoms with Gasteiger partial charge < -0.3 is 24.9 Å². The van der Waals surface area contributed by atoms with E-state index in [9.17, 15) is 37.3 Å². The molecule has 196 valence electrons. The first-order chi connectivity index (χ1) is 17.9. The zero-order valence-electron chi connectivity index (χ0n) is 19.0. The summed E-state index contributed by atoms with van der Waals surface area (Å²) >= 11 is 0.876. The molecule has 15 heteroatoms. The first-order valence-electron chi connectivity index (χ1n) is 10.4. The molecule has 1 heterocycles. The summed E-state index contributed by atoms with van der Waals surface area (Å²) in [6.07, 6.45) is -1.01. The number of nitrogens with one attached hydrogen (secondary N) is 2. The van der Waals surface area contributed by atoms with Gasteiger partial charge in [-0.2, -0.15) is 9.98 Å². The zero-order valence-corrected chi connectivity index (χ0v) is 21.5. The fourth-order valence-electron chi connectivity index (χ4n) is 3.18. The molecule has 0 saturated heterocycles. The van der Waals surface area contributed by atoms with Crippen LogP contribution in [0.3, 0.4) is 0 Å². The summed E-state index contributed by atoms with van der Waals surface area (Å²) in [5, 5.41) is 30.8. The summed E-state index contributed by atoms with van der Waals surface area (Å²) in [7, 11) is -8.84. The minimum Gasteiger partial charge on any atom is -0.504 e. The van der Waals surface area contributed by atoms with Gasteiger partial charge in [0.25, 0.3) is 15.9 Å². The molecule has 0 fully saturated rings. The Bertz CT molecular complexity index is 1770. The lowest BCUT2D eigenvalue weighted by Gasteiger charge is -2.14. The summed E-state index contributed by atoms with van der Waals surface area (Å²) < 4.78 is 58.8. The van der Waals surface area contributed by atoms with Crippen molar-refractivity contribution in [2.45, 2.75) is 4.21 Å². The molecule has 5 N–H and O–H groups in total. The van der Waals surface area contributed by atoms with Crippen molar-refractivity contribution in [3.63, 3.8) is 0 Å². The fraction of sp³-hybridized carbons (Fsp3) is 0.0435. The number of benzene rings is 3. The molecular formula is C23H17FN3O8PS2. The largest absolute Gasteiger partial charge is 0.504 e. The van der Waals surface area contributed by atoms with Gasteiger partial charge in [-0.3, -0.25) is 4.79 Å². The molecule has 0 radical (unpaired) electrons. The van der Waals surface area contributed by atoms with E-state index in [0.29, 0.717) is 15.8 Å². The Balaban J connectivity index is 1.46. The second-order valence-electron chi connectivity index (χ2n) is 7.76. The monoisotopic (exact) mass is 577 g/mol. The molecule has 0 spiro atoms. The summed E-state index contributed by atoms with van der Waals surface area (Å²) in [6, 6.07) is 14.0. The van der Waals surface area contributed by atoms with E-state index in [1.54, 1.807) is 12.1 Å². The number of hydrogen-bond acceptors (Lipinski definition) is 9. The lowest BCUT2D eigenvalue weighted by Crippen LogP contribution is -2.25. The van der Waals surface area contributed by atoms with Crippen LogP contribution in [0.15, 0.2) is 64.9 Å². The molecule has 0 aliphatic heterocycles. The topological polar surface area (TPSA) is 186 Å².